The molecule has 1 heterocycles. The third kappa shape index (κ3) is 1.22. The quantitative estimate of drug-likeness (QED) is 0.673. The zero-order valence-electron chi connectivity index (χ0n) is 6.56. The minimum absolute atomic E-state index is 0.455. The molecular weight excluding hydrogens is 156 g/mol. The number of rotatable bonds is 2. The first-order valence-corrected chi connectivity index (χ1v) is 4.04. The second-order valence-corrected chi connectivity index (χ2v) is 3.12. The van der Waals surface area contributed by atoms with Gasteiger partial charge in [-0.1, -0.05) is 6.08 Å². The molecule has 0 aromatic rings. The fourth-order valence-electron chi connectivity index (χ4n) is 1.41. The lowest BCUT2D eigenvalue weighted by atomic mass is 10.0. The largest absolute Gasteiger partial charge is 0.482 e. The number of ether oxygens (including phenoxy) is 1. The van der Waals surface area contributed by atoms with Crippen molar-refractivity contribution in [2.45, 2.75) is 18.9 Å². The Morgan fingerprint density at radius 1 is 1.58 bits per heavy atom. The van der Waals surface area contributed by atoms with Gasteiger partial charge in [-0.3, -0.25) is 0 Å². The first-order chi connectivity index (χ1) is 5.79. The standard InChI is InChI=1S/C9H10O3/c10-9(11)8-7(6-3-4-6)2-1-5-12-8/h1-2,5-6,8H,3-4H2,(H,10,11). The molecule has 64 valence electrons. The van der Waals surface area contributed by atoms with Crippen LogP contribution in [0.2, 0.25) is 0 Å². The first kappa shape index (κ1) is 7.40. The van der Waals surface area contributed by atoms with Gasteiger partial charge in [0, 0.05) is 0 Å². The fourth-order valence-corrected chi connectivity index (χ4v) is 1.41. The number of aliphatic carboxylic acids is 1. The summed E-state index contributed by atoms with van der Waals surface area (Å²) in [5.41, 5.74) is 0.921. The van der Waals surface area contributed by atoms with Gasteiger partial charge in [-0.15, -0.1) is 0 Å². The van der Waals surface area contributed by atoms with E-state index in [2.05, 4.69) is 0 Å². The van der Waals surface area contributed by atoms with Crippen molar-refractivity contribution in [3.63, 3.8) is 0 Å². The van der Waals surface area contributed by atoms with E-state index in [1.165, 1.54) is 6.26 Å². The maximum absolute atomic E-state index is 10.7. The molecule has 1 aliphatic carbocycles. The Morgan fingerprint density at radius 2 is 2.33 bits per heavy atom. The highest BCUT2D eigenvalue weighted by Gasteiger charge is 2.35. The molecule has 0 saturated heterocycles. The molecule has 3 nitrogen and oxygen atoms in total. The third-order valence-corrected chi connectivity index (χ3v) is 2.16. The van der Waals surface area contributed by atoms with E-state index in [4.69, 9.17) is 9.84 Å². The summed E-state index contributed by atoms with van der Waals surface area (Å²) in [6.45, 7) is 0. The van der Waals surface area contributed by atoms with E-state index in [1.807, 2.05) is 6.08 Å². The van der Waals surface area contributed by atoms with E-state index in [0.717, 1.165) is 18.4 Å². The van der Waals surface area contributed by atoms with Crippen LogP contribution in [-0.2, 0) is 9.53 Å². The summed E-state index contributed by atoms with van der Waals surface area (Å²) in [4.78, 5) is 10.7. The maximum Gasteiger partial charge on any atom is 0.349 e. The molecule has 0 radical (unpaired) electrons. The van der Waals surface area contributed by atoms with Crippen LogP contribution in [0.25, 0.3) is 0 Å². The van der Waals surface area contributed by atoms with Crippen LogP contribution in [0.5, 0.6) is 0 Å². The molecule has 1 saturated carbocycles. The van der Waals surface area contributed by atoms with Crippen molar-refractivity contribution in [1.29, 1.82) is 0 Å². The number of hydrogen-bond donors (Lipinski definition) is 1. The van der Waals surface area contributed by atoms with Crippen LogP contribution < -0.4 is 0 Å². The second-order valence-electron chi connectivity index (χ2n) is 3.12. The van der Waals surface area contributed by atoms with Gasteiger partial charge in [-0.2, -0.15) is 0 Å². The van der Waals surface area contributed by atoms with E-state index in [-0.39, 0.29) is 0 Å². The highest BCUT2D eigenvalue weighted by Crippen LogP contribution is 2.39. The molecule has 0 aromatic heterocycles. The van der Waals surface area contributed by atoms with E-state index < -0.39 is 12.1 Å². The lowest BCUT2D eigenvalue weighted by molar-refractivity contribution is -0.145. The molecule has 1 fully saturated rings. The summed E-state index contributed by atoms with van der Waals surface area (Å²) in [6.07, 6.45) is 6.53. The Labute approximate surface area is 70.3 Å². The number of carboxylic acid groups (broad SMARTS) is 1. The normalized spacial score (nSPS) is 27.7. The van der Waals surface area contributed by atoms with Crippen LogP contribution in [0.15, 0.2) is 24.0 Å². The smallest absolute Gasteiger partial charge is 0.349 e. The molecule has 0 spiro atoms. The average Bonchev–Trinajstić information content (AvgIpc) is 2.87. The third-order valence-electron chi connectivity index (χ3n) is 2.16. The van der Waals surface area contributed by atoms with Crippen LogP contribution in [0.4, 0.5) is 0 Å². The summed E-state index contributed by atoms with van der Waals surface area (Å²) >= 11 is 0. The second kappa shape index (κ2) is 2.66. The van der Waals surface area contributed by atoms with Crippen molar-refractivity contribution in [3.05, 3.63) is 24.0 Å². The van der Waals surface area contributed by atoms with Gasteiger partial charge in [-0.25, -0.2) is 4.79 Å². The Hall–Kier alpha value is -1.25. The van der Waals surface area contributed by atoms with Crippen LogP contribution in [-0.4, -0.2) is 17.2 Å². The predicted molar refractivity (Wildman–Crippen MR) is 42.5 cm³/mol. The molecule has 1 atom stereocenters. The Morgan fingerprint density at radius 3 is 2.92 bits per heavy atom. The molecule has 0 aromatic carbocycles. The number of allylic oxidation sites excluding steroid dienone is 2. The lowest BCUT2D eigenvalue weighted by Gasteiger charge is -2.17. The minimum Gasteiger partial charge on any atom is -0.482 e. The Kier molecular flexibility index (Phi) is 1.64. The molecule has 1 aliphatic heterocycles. The van der Waals surface area contributed by atoms with Crippen molar-refractivity contribution < 1.29 is 14.6 Å². The zero-order valence-corrected chi connectivity index (χ0v) is 6.56. The van der Waals surface area contributed by atoms with Gasteiger partial charge in [0.15, 0.2) is 0 Å². The molecule has 3 heteroatoms. The fraction of sp³-hybridized carbons (Fsp3) is 0.444. The van der Waals surface area contributed by atoms with Gasteiger partial charge in [-0.05, 0) is 30.4 Å². The monoisotopic (exact) mass is 166 g/mol. The van der Waals surface area contributed by atoms with Crippen molar-refractivity contribution in [1.82, 2.24) is 0 Å². The molecule has 1 unspecified atom stereocenters. The van der Waals surface area contributed by atoms with E-state index >= 15 is 0 Å². The summed E-state index contributed by atoms with van der Waals surface area (Å²) in [6, 6.07) is 0. The molecular formula is C9H10O3. The molecule has 2 rings (SSSR count). The topological polar surface area (TPSA) is 46.5 Å². The van der Waals surface area contributed by atoms with Crippen molar-refractivity contribution in [3.8, 4) is 0 Å². The van der Waals surface area contributed by atoms with E-state index in [9.17, 15) is 4.79 Å². The predicted octanol–water partition coefficient (Wildman–Crippen LogP) is 1.32. The first-order valence-electron chi connectivity index (χ1n) is 4.04. The summed E-state index contributed by atoms with van der Waals surface area (Å²) in [5.74, 6) is -0.437. The van der Waals surface area contributed by atoms with Crippen molar-refractivity contribution in [2.75, 3.05) is 0 Å². The van der Waals surface area contributed by atoms with Gasteiger partial charge in [0.25, 0.3) is 0 Å². The molecule has 0 amide bonds. The van der Waals surface area contributed by atoms with Crippen LogP contribution in [0.3, 0.4) is 0 Å². The average molecular weight is 166 g/mol. The van der Waals surface area contributed by atoms with E-state index in [0.29, 0.717) is 5.92 Å². The van der Waals surface area contributed by atoms with Gasteiger partial charge in [0.1, 0.15) is 0 Å². The van der Waals surface area contributed by atoms with Crippen LogP contribution >= 0.6 is 0 Å². The van der Waals surface area contributed by atoms with E-state index in [1.54, 1.807) is 6.08 Å². The number of carboxylic acids is 1. The number of hydrogen-bond acceptors (Lipinski definition) is 2. The SMILES string of the molecule is O=C(O)C1OC=CC=C1C1CC1. The minimum atomic E-state index is -0.891. The van der Waals surface area contributed by atoms with Gasteiger partial charge in [0.05, 0.1) is 6.26 Å². The maximum atomic E-state index is 10.7. The molecule has 12 heavy (non-hydrogen) atoms. The molecule has 0 bridgehead atoms. The Balaban J connectivity index is 2.18. The molecule has 1 N–H and O–H groups in total. The molecule has 2 aliphatic rings. The van der Waals surface area contributed by atoms with Crippen molar-refractivity contribution in [2.24, 2.45) is 5.92 Å². The highest BCUT2D eigenvalue weighted by molar-refractivity contribution is 5.77. The van der Waals surface area contributed by atoms with Crippen molar-refractivity contribution >= 4 is 5.97 Å². The van der Waals surface area contributed by atoms with Crippen LogP contribution in [0, 0.1) is 5.92 Å². The van der Waals surface area contributed by atoms with Gasteiger partial charge >= 0.3 is 5.97 Å². The van der Waals surface area contributed by atoms with Crippen LogP contribution in [0.1, 0.15) is 12.8 Å². The number of carbonyl (C=O) groups is 1. The summed E-state index contributed by atoms with van der Waals surface area (Å²) in [7, 11) is 0. The highest BCUT2D eigenvalue weighted by atomic mass is 16.5. The summed E-state index contributed by atoms with van der Waals surface area (Å²) < 4.78 is 5.00. The van der Waals surface area contributed by atoms with Gasteiger partial charge < -0.3 is 9.84 Å². The zero-order chi connectivity index (χ0) is 8.55. The Bertz CT molecular complexity index is 261. The lowest BCUT2D eigenvalue weighted by Crippen LogP contribution is -2.26. The summed E-state index contributed by atoms with van der Waals surface area (Å²) in [5, 5.41) is 8.79. The van der Waals surface area contributed by atoms with Gasteiger partial charge in [0.2, 0.25) is 6.10 Å².